The highest BCUT2D eigenvalue weighted by Gasteiger charge is 2.24. The van der Waals surface area contributed by atoms with Gasteiger partial charge in [0.1, 0.15) is 17.5 Å². The van der Waals surface area contributed by atoms with Crippen molar-refractivity contribution in [3.63, 3.8) is 0 Å². The number of hydrogen-bond donors (Lipinski definition) is 2. The van der Waals surface area contributed by atoms with Crippen LogP contribution in [0, 0.1) is 0 Å². The van der Waals surface area contributed by atoms with Crippen LogP contribution in [0.15, 0.2) is 30.3 Å². The lowest BCUT2D eigenvalue weighted by Gasteiger charge is -2.30. The van der Waals surface area contributed by atoms with Gasteiger partial charge in [0.2, 0.25) is 0 Å². The molecule has 0 fully saturated rings. The summed E-state index contributed by atoms with van der Waals surface area (Å²) in [5.74, 6) is 3.30. The van der Waals surface area contributed by atoms with E-state index in [4.69, 9.17) is 0 Å². The van der Waals surface area contributed by atoms with Gasteiger partial charge < -0.3 is 10.6 Å². The Morgan fingerprint density at radius 3 is 2.76 bits per heavy atom. The molecule has 4 nitrogen and oxygen atoms in total. The summed E-state index contributed by atoms with van der Waals surface area (Å²) in [6, 6.07) is 10.7. The summed E-state index contributed by atoms with van der Waals surface area (Å²) in [6.45, 7) is 3.08. The number of aromatic nitrogens is 2. The molecule has 1 aromatic heterocycles. The quantitative estimate of drug-likeness (QED) is 0.854. The third-order valence-electron chi connectivity index (χ3n) is 3.99. The molecule has 0 bridgehead atoms. The van der Waals surface area contributed by atoms with Crippen LogP contribution in [-0.2, 0) is 12.8 Å². The van der Waals surface area contributed by atoms with Crippen molar-refractivity contribution in [2.75, 3.05) is 24.2 Å². The van der Waals surface area contributed by atoms with E-state index in [2.05, 4.69) is 51.8 Å². The Bertz CT molecular complexity index is 624. The molecule has 0 amide bonds. The maximum Gasteiger partial charge on any atom is 0.133 e. The van der Waals surface area contributed by atoms with Crippen LogP contribution in [-0.4, -0.2) is 23.6 Å². The van der Waals surface area contributed by atoms with Crippen LogP contribution in [0.3, 0.4) is 0 Å². The number of nitrogens with one attached hydrogen (secondary N) is 2. The van der Waals surface area contributed by atoms with Gasteiger partial charge >= 0.3 is 0 Å². The molecular weight excluding hydrogens is 260 g/mol. The molecule has 0 saturated carbocycles. The first-order chi connectivity index (χ1) is 10.3. The maximum absolute atomic E-state index is 4.60. The monoisotopic (exact) mass is 282 g/mol. The number of benzene rings is 1. The van der Waals surface area contributed by atoms with E-state index in [0.29, 0.717) is 5.92 Å². The Labute approximate surface area is 126 Å². The van der Waals surface area contributed by atoms with Crippen LogP contribution in [0.1, 0.15) is 36.2 Å². The number of hydrogen-bond acceptors (Lipinski definition) is 4. The Morgan fingerprint density at radius 1 is 1.19 bits per heavy atom. The van der Waals surface area contributed by atoms with Gasteiger partial charge in [0, 0.05) is 32.0 Å². The zero-order valence-electron chi connectivity index (χ0n) is 12.7. The predicted octanol–water partition coefficient (Wildman–Crippen LogP) is 3.22. The lowest BCUT2D eigenvalue weighted by atomic mass is 9.77. The van der Waals surface area contributed by atoms with E-state index in [0.717, 1.165) is 43.3 Å². The van der Waals surface area contributed by atoms with Crippen LogP contribution in [0.2, 0.25) is 0 Å². The van der Waals surface area contributed by atoms with Crippen molar-refractivity contribution in [3.05, 3.63) is 47.3 Å². The molecule has 0 saturated heterocycles. The summed E-state index contributed by atoms with van der Waals surface area (Å²) in [5, 5.41) is 6.58. The fourth-order valence-electron chi connectivity index (χ4n) is 2.82. The number of rotatable bonds is 6. The molecule has 2 aromatic rings. The Hall–Kier alpha value is -2.10. The van der Waals surface area contributed by atoms with E-state index in [1.165, 1.54) is 11.1 Å². The van der Waals surface area contributed by atoms with Gasteiger partial charge in [-0.25, -0.2) is 9.97 Å². The second-order valence-corrected chi connectivity index (χ2v) is 5.54. The maximum atomic E-state index is 4.60. The SMILES string of the molecule is CCCc1nc(NC)cc(NCC2Cc3ccccc32)n1. The number of aryl methyl sites for hydroxylation is 1. The van der Waals surface area contributed by atoms with E-state index in [1.54, 1.807) is 0 Å². The molecule has 21 heavy (non-hydrogen) atoms. The van der Waals surface area contributed by atoms with Crippen molar-refractivity contribution in [1.29, 1.82) is 0 Å². The van der Waals surface area contributed by atoms with Gasteiger partial charge in [-0.3, -0.25) is 0 Å². The summed E-state index contributed by atoms with van der Waals surface area (Å²) in [5.41, 5.74) is 2.95. The molecule has 1 aromatic carbocycles. The lowest BCUT2D eigenvalue weighted by molar-refractivity contribution is 0.634. The van der Waals surface area contributed by atoms with Crippen molar-refractivity contribution >= 4 is 11.6 Å². The van der Waals surface area contributed by atoms with Crippen molar-refractivity contribution in [1.82, 2.24) is 9.97 Å². The first-order valence-electron chi connectivity index (χ1n) is 7.67. The molecule has 1 aliphatic rings. The molecule has 110 valence electrons. The fourth-order valence-corrected chi connectivity index (χ4v) is 2.82. The highest BCUT2D eigenvalue weighted by Crippen LogP contribution is 2.34. The predicted molar refractivity (Wildman–Crippen MR) is 87.0 cm³/mol. The second-order valence-electron chi connectivity index (χ2n) is 5.54. The Balaban J connectivity index is 1.67. The fraction of sp³-hybridized carbons (Fsp3) is 0.412. The molecule has 3 rings (SSSR count). The van der Waals surface area contributed by atoms with Crippen molar-refractivity contribution in [2.24, 2.45) is 0 Å². The standard InChI is InChI=1S/C17H22N4/c1-3-6-15-20-16(18-2)10-17(21-15)19-11-13-9-12-7-4-5-8-14(12)13/h4-5,7-8,10,13H,3,6,9,11H2,1-2H3,(H2,18,19,20,21). The number of anilines is 2. The van der Waals surface area contributed by atoms with Gasteiger partial charge in [-0.05, 0) is 24.0 Å². The molecule has 2 N–H and O–H groups in total. The van der Waals surface area contributed by atoms with Crippen LogP contribution in [0.4, 0.5) is 11.6 Å². The number of nitrogens with zero attached hydrogens (tertiary/aromatic N) is 2. The van der Waals surface area contributed by atoms with Gasteiger partial charge in [0.05, 0.1) is 0 Å². The van der Waals surface area contributed by atoms with Crippen molar-refractivity contribution in [2.45, 2.75) is 32.1 Å². The minimum absolute atomic E-state index is 0.601. The van der Waals surface area contributed by atoms with Crippen molar-refractivity contribution < 1.29 is 0 Å². The molecular formula is C17H22N4. The molecule has 1 atom stereocenters. The lowest BCUT2D eigenvalue weighted by Crippen LogP contribution is -2.24. The first-order valence-corrected chi connectivity index (χ1v) is 7.67. The van der Waals surface area contributed by atoms with Crippen LogP contribution < -0.4 is 10.6 Å². The topological polar surface area (TPSA) is 49.8 Å². The third kappa shape index (κ3) is 2.99. The van der Waals surface area contributed by atoms with Gasteiger partial charge in [0.15, 0.2) is 0 Å². The minimum Gasteiger partial charge on any atom is -0.373 e. The number of fused-ring (bicyclic) bond motifs is 1. The summed E-state index contributed by atoms with van der Waals surface area (Å²) in [4.78, 5) is 9.07. The van der Waals surface area contributed by atoms with E-state index in [-0.39, 0.29) is 0 Å². The zero-order chi connectivity index (χ0) is 14.7. The molecule has 4 heteroatoms. The second kappa shape index (κ2) is 6.12. The first kappa shape index (κ1) is 13.9. The van der Waals surface area contributed by atoms with Gasteiger partial charge in [-0.1, -0.05) is 31.2 Å². The molecule has 0 spiro atoms. The molecule has 0 aliphatic heterocycles. The molecule has 1 heterocycles. The minimum atomic E-state index is 0.601. The summed E-state index contributed by atoms with van der Waals surface area (Å²) >= 11 is 0. The Kier molecular flexibility index (Phi) is 4.04. The average molecular weight is 282 g/mol. The highest BCUT2D eigenvalue weighted by atomic mass is 15.1. The Morgan fingerprint density at radius 2 is 2.00 bits per heavy atom. The summed E-state index contributed by atoms with van der Waals surface area (Å²) < 4.78 is 0. The largest absolute Gasteiger partial charge is 0.373 e. The van der Waals surface area contributed by atoms with E-state index in [9.17, 15) is 0 Å². The normalized spacial score (nSPS) is 16.0. The molecule has 1 aliphatic carbocycles. The highest BCUT2D eigenvalue weighted by molar-refractivity contribution is 5.48. The molecule has 1 unspecified atom stereocenters. The van der Waals surface area contributed by atoms with Gasteiger partial charge in [-0.2, -0.15) is 0 Å². The third-order valence-corrected chi connectivity index (χ3v) is 3.99. The summed E-state index contributed by atoms with van der Waals surface area (Å²) in [7, 11) is 1.89. The molecule has 0 radical (unpaired) electrons. The van der Waals surface area contributed by atoms with Crippen LogP contribution in [0.5, 0.6) is 0 Å². The zero-order valence-corrected chi connectivity index (χ0v) is 12.7. The van der Waals surface area contributed by atoms with Crippen LogP contribution >= 0.6 is 0 Å². The average Bonchev–Trinajstić information content (AvgIpc) is 2.48. The van der Waals surface area contributed by atoms with E-state index < -0.39 is 0 Å². The van der Waals surface area contributed by atoms with E-state index >= 15 is 0 Å². The van der Waals surface area contributed by atoms with Gasteiger partial charge in [-0.15, -0.1) is 0 Å². The van der Waals surface area contributed by atoms with Crippen molar-refractivity contribution in [3.8, 4) is 0 Å². The van der Waals surface area contributed by atoms with Crippen LogP contribution in [0.25, 0.3) is 0 Å². The van der Waals surface area contributed by atoms with Gasteiger partial charge in [0.25, 0.3) is 0 Å². The smallest absolute Gasteiger partial charge is 0.133 e. The van der Waals surface area contributed by atoms with E-state index in [1.807, 2.05) is 13.1 Å². The summed E-state index contributed by atoms with van der Waals surface area (Å²) in [6.07, 6.45) is 3.13.